The van der Waals surface area contributed by atoms with Crippen LogP contribution in [0.4, 0.5) is 11.4 Å². The molecule has 160 valence electrons. The van der Waals surface area contributed by atoms with E-state index < -0.39 is 0 Å². The maximum absolute atomic E-state index is 12.5. The van der Waals surface area contributed by atoms with E-state index in [4.69, 9.17) is 4.74 Å². The van der Waals surface area contributed by atoms with Crippen molar-refractivity contribution in [3.63, 3.8) is 0 Å². The molecule has 3 aromatic carbocycles. The smallest absolute Gasteiger partial charge is 0.255 e. The molecule has 1 heterocycles. The molecule has 0 spiro atoms. The molecular weight excluding hydrogens is 422 g/mol. The highest BCUT2D eigenvalue weighted by Crippen LogP contribution is 2.27. The number of hydrogen-bond donors (Lipinski definition) is 2. The normalized spacial score (nSPS) is 10.5. The van der Waals surface area contributed by atoms with Gasteiger partial charge in [0, 0.05) is 27.7 Å². The third kappa shape index (κ3) is 5.07. The van der Waals surface area contributed by atoms with Crippen LogP contribution in [-0.4, -0.2) is 29.7 Å². The van der Waals surface area contributed by atoms with Crippen molar-refractivity contribution in [2.75, 3.05) is 23.5 Å². The second-order valence-electron chi connectivity index (χ2n) is 6.89. The van der Waals surface area contributed by atoms with Crippen molar-refractivity contribution < 1.29 is 14.3 Å². The Labute approximate surface area is 190 Å². The van der Waals surface area contributed by atoms with Crippen molar-refractivity contribution >= 4 is 45.9 Å². The quantitative estimate of drug-likeness (QED) is 0.383. The Balaban J connectivity index is 1.35. The Bertz CT molecular complexity index is 1250. The summed E-state index contributed by atoms with van der Waals surface area (Å²) < 4.78 is 5.26. The molecule has 0 atom stereocenters. The number of methoxy groups -OCH3 is 1. The third-order valence-corrected chi connectivity index (χ3v) is 5.83. The second-order valence-corrected chi connectivity index (χ2v) is 7.91. The van der Waals surface area contributed by atoms with Crippen LogP contribution in [0, 0.1) is 0 Å². The van der Waals surface area contributed by atoms with E-state index in [-0.39, 0.29) is 17.6 Å². The van der Waals surface area contributed by atoms with E-state index in [0.29, 0.717) is 22.7 Å². The first-order valence-corrected chi connectivity index (χ1v) is 10.9. The van der Waals surface area contributed by atoms with Crippen molar-refractivity contribution in [1.82, 2.24) is 4.98 Å². The molecule has 1 aromatic heterocycles. The highest BCUT2D eigenvalue weighted by molar-refractivity contribution is 8.00. The van der Waals surface area contributed by atoms with Crippen molar-refractivity contribution in [2.45, 2.75) is 4.90 Å². The van der Waals surface area contributed by atoms with E-state index in [1.807, 2.05) is 42.5 Å². The molecule has 4 aromatic rings. The summed E-state index contributed by atoms with van der Waals surface area (Å²) in [5.41, 5.74) is 2.61. The van der Waals surface area contributed by atoms with Crippen molar-refractivity contribution in [3.05, 3.63) is 90.6 Å². The molecule has 0 unspecified atom stereocenters. The zero-order chi connectivity index (χ0) is 22.3. The lowest BCUT2D eigenvalue weighted by molar-refractivity contribution is -0.113. The number of carbonyl (C=O) groups excluding carboxylic acids is 2. The number of aromatic nitrogens is 1. The number of carbonyl (C=O) groups is 2. The van der Waals surface area contributed by atoms with Gasteiger partial charge in [-0.25, -0.2) is 0 Å². The molecule has 7 heteroatoms. The van der Waals surface area contributed by atoms with Crippen molar-refractivity contribution in [1.29, 1.82) is 0 Å². The van der Waals surface area contributed by atoms with Gasteiger partial charge in [0.15, 0.2) is 0 Å². The number of anilines is 2. The number of rotatable bonds is 7. The first-order valence-electron chi connectivity index (χ1n) is 9.95. The molecule has 32 heavy (non-hydrogen) atoms. The van der Waals surface area contributed by atoms with Crippen LogP contribution in [0.2, 0.25) is 0 Å². The van der Waals surface area contributed by atoms with Crippen LogP contribution in [0.3, 0.4) is 0 Å². The lowest BCUT2D eigenvalue weighted by Crippen LogP contribution is -2.15. The average Bonchev–Trinajstić information content (AvgIpc) is 2.83. The van der Waals surface area contributed by atoms with Gasteiger partial charge in [-0.05, 0) is 48.5 Å². The fraction of sp³-hybridized carbons (Fsp3) is 0.0800. The molecule has 0 bridgehead atoms. The first kappa shape index (κ1) is 21.4. The number of nitrogens with one attached hydrogen (secondary N) is 2. The van der Waals surface area contributed by atoms with Gasteiger partial charge in [0.05, 0.1) is 24.1 Å². The molecule has 0 aliphatic rings. The Morgan fingerprint density at radius 1 is 0.906 bits per heavy atom. The van der Waals surface area contributed by atoms with E-state index in [9.17, 15) is 9.59 Å². The van der Waals surface area contributed by atoms with Gasteiger partial charge in [-0.3, -0.25) is 14.6 Å². The lowest BCUT2D eigenvalue weighted by Gasteiger charge is -2.10. The maximum atomic E-state index is 12.5. The Morgan fingerprint density at radius 2 is 1.66 bits per heavy atom. The highest BCUT2D eigenvalue weighted by Gasteiger charge is 2.11. The van der Waals surface area contributed by atoms with Gasteiger partial charge < -0.3 is 15.4 Å². The summed E-state index contributed by atoms with van der Waals surface area (Å²) in [7, 11) is 1.55. The van der Waals surface area contributed by atoms with E-state index >= 15 is 0 Å². The minimum atomic E-state index is -0.257. The maximum Gasteiger partial charge on any atom is 0.255 e. The highest BCUT2D eigenvalue weighted by atomic mass is 32.2. The number of pyridine rings is 1. The molecule has 4 rings (SSSR count). The molecule has 2 amide bonds. The number of nitrogens with zero attached hydrogens (tertiary/aromatic N) is 1. The Hall–Kier alpha value is -3.84. The zero-order valence-electron chi connectivity index (χ0n) is 17.4. The summed E-state index contributed by atoms with van der Waals surface area (Å²) in [6.45, 7) is 0. The largest absolute Gasteiger partial charge is 0.495 e. The number of ether oxygens (including phenoxy) is 1. The second kappa shape index (κ2) is 9.98. The fourth-order valence-corrected chi connectivity index (χ4v) is 4.03. The SMILES string of the molecule is COc1ccccc1NC(=O)c1ccc(NC(=O)CSc2ccnc3ccccc23)cc1. The van der Waals surface area contributed by atoms with Crippen LogP contribution in [0.1, 0.15) is 10.4 Å². The zero-order valence-corrected chi connectivity index (χ0v) is 18.2. The molecule has 0 radical (unpaired) electrons. The number of amides is 2. The predicted molar refractivity (Wildman–Crippen MR) is 128 cm³/mol. The lowest BCUT2D eigenvalue weighted by atomic mass is 10.2. The van der Waals surface area contributed by atoms with Crippen molar-refractivity contribution in [3.8, 4) is 5.75 Å². The van der Waals surface area contributed by atoms with Gasteiger partial charge in [-0.15, -0.1) is 11.8 Å². The van der Waals surface area contributed by atoms with E-state index in [2.05, 4.69) is 15.6 Å². The molecular formula is C25H21N3O3S. The van der Waals surface area contributed by atoms with Gasteiger partial charge in [0.1, 0.15) is 5.75 Å². The number of para-hydroxylation sites is 3. The van der Waals surface area contributed by atoms with Crippen LogP contribution < -0.4 is 15.4 Å². The van der Waals surface area contributed by atoms with Gasteiger partial charge >= 0.3 is 0 Å². The summed E-state index contributed by atoms with van der Waals surface area (Å²) in [4.78, 5) is 30.3. The molecule has 0 saturated heterocycles. The topological polar surface area (TPSA) is 80.3 Å². The Morgan fingerprint density at radius 3 is 2.47 bits per heavy atom. The van der Waals surface area contributed by atoms with Crippen LogP contribution >= 0.6 is 11.8 Å². The standard InChI is InChI=1S/C25H21N3O3S/c1-31-22-9-5-4-8-21(22)28-25(30)17-10-12-18(13-11-17)27-24(29)16-32-23-14-15-26-20-7-3-2-6-19(20)23/h2-15H,16H2,1H3,(H,27,29)(H,28,30). The van der Waals surface area contributed by atoms with Gasteiger partial charge in [-0.1, -0.05) is 30.3 Å². The number of thioether (sulfide) groups is 1. The number of hydrogen-bond acceptors (Lipinski definition) is 5. The molecule has 0 aliphatic heterocycles. The van der Waals surface area contributed by atoms with Crippen LogP contribution in [-0.2, 0) is 4.79 Å². The van der Waals surface area contributed by atoms with Crippen molar-refractivity contribution in [2.24, 2.45) is 0 Å². The van der Waals surface area contributed by atoms with Gasteiger partial charge in [0.25, 0.3) is 5.91 Å². The molecule has 2 N–H and O–H groups in total. The minimum Gasteiger partial charge on any atom is -0.495 e. The fourth-order valence-electron chi connectivity index (χ4n) is 3.18. The van der Waals surface area contributed by atoms with E-state index in [1.165, 1.54) is 11.8 Å². The van der Waals surface area contributed by atoms with Gasteiger partial charge in [-0.2, -0.15) is 0 Å². The first-order chi connectivity index (χ1) is 15.6. The molecule has 0 aliphatic carbocycles. The average molecular weight is 444 g/mol. The summed E-state index contributed by atoms with van der Waals surface area (Å²) in [6, 6.07) is 23.7. The summed E-state index contributed by atoms with van der Waals surface area (Å²) in [5, 5.41) is 6.72. The molecule has 0 fully saturated rings. The Kier molecular flexibility index (Phi) is 6.67. The monoisotopic (exact) mass is 443 g/mol. The number of fused-ring (bicyclic) bond motifs is 1. The predicted octanol–water partition coefficient (Wildman–Crippen LogP) is 5.23. The van der Waals surface area contributed by atoms with E-state index in [0.717, 1.165) is 15.8 Å². The summed E-state index contributed by atoms with van der Waals surface area (Å²) >= 11 is 1.46. The van der Waals surface area contributed by atoms with Crippen LogP contribution in [0.25, 0.3) is 10.9 Å². The molecule has 6 nitrogen and oxygen atoms in total. The van der Waals surface area contributed by atoms with Gasteiger partial charge in [0.2, 0.25) is 5.91 Å². The summed E-state index contributed by atoms with van der Waals surface area (Å²) in [5.74, 6) is 0.475. The number of benzene rings is 3. The van der Waals surface area contributed by atoms with Crippen LogP contribution in [0.15, 0.2) is 90.0 Å². The summed E-state index contributed by atoms with van der Waals surface area (Å²) in [6.07, 6.45) is 1.75. The van der Waals surface area contributed by atoms with Crippen LogP contribution in [0.5, 0.6) is 5.75 Å². The third-order valence-electron chi connectivity index (χ3n) is 4.75. The van der Waals surface area contributed by atoms with E-state index in [1.54, 1.807) is 49.7 Å². The molecule has 0 saturated carbocycles. The minimum absolute atomic E-state index is 0.123.